The van der Waals surface area contributed by atoms with Gasteiger partial charge in [-0.05, 0) is 42.8 Å². The Kier molecular flexibility index (Phi) is 5.87. The summed E-state index contributed by atoms with van der Waals surface area (Å²) in [5.41, 5.74) is 0.635. The minimum absolute atomic E-state index is 0.120. The van der Waals surface area contributed by atoms with Crippen molar-refractivity contribution in [3.63, 3.8) is 0 Å². The molecule has 2 aromatic carbocycles. The van der Waals surface area contributed by atoms with Crippen molar-refractivity contribution in [3.8, 4) is 11.5 Å². The first-order valence-electron chi connectivity index (χ1n) is 9.30. The SMILES string of the molecule is O=S(=O)(c1ccccc1)c1nc(-c2ccc(Cl)cc2)oc1NCCCn1ccnc1. The van der Waals surface area contributed by atoms with Crippen molar-refractivity contribution in [2.24, 2.45) is 0 Å². The van der Waals surface area contributed by atoms with Gasteiger partial charge in [-0.25, -0.2) is 13.4 Å². The van der Waals surface area contributed by atoms with Gasteiger partial charge in [-0.2, -0.15) is 4.98 Å². The van der Waals surface area contributed by atoms with E-state index >= 15 is 0 Å². The van der Waals surface area contributed by atoms with Crippen LogP contribution < -0.4 is 5.32 Å². The number of oxazole rings is 1. The average Bonchev–Trinajstić information content (AvgIpc) is 3.43. The van der Waals surface area contributed by atoms with Crippen LogP contribution in [0.5, 0.6) is 0 Å². The highest BCUT2D eigenvalue weighted by Crippen LogP contribution is 2.32. The van der Waals surface area contributed by atoms with E-state index in [2.05, 4.69) is 15.3 Å². The number of anilines is 1. The van der Waals surface area contributed by atoms with Crippen LogP contribution in [0.1, 0.15) is 6.42 Å². The first kappa shape index (κ1) is 20.2. The molecule has 9 heteroatoms. The molecule has 0 spiro atoms. The van der Waals surface area contributed by atoms with Crippen LogP contribution in [0.4, 0.5) is 5.88 Å². The van der Waals surface area contributed by atoms with Crippen LogP contribution >= 0.6 is 11.6 Å². The Bertz CT molecular complexity index is 1210. The average molecular weight is 443 g/mol. The molecule has 0 bridgehead atoms. The molecule has 0 unspecified atom stereocenters. The molecule has 0 atom stereocenters. The van der Waals surface area contributed by atoms with Crippen LogP contribution in [0, 0.1) is 0 Å². The minimum atomic E-state index is -3.85. The number of benzene rings is 2. The van der Waals surface area contributed by atoms with Crippen molar-refractivity contribution >= 4 is 27.3 Å². The zero-order chi connectivity index (χ0) is 21.0. The Hall–Kier alpha value is -3.10. The quantitative estimate of drug-likeness (QED) is 0.403. The molecule has 30 heavy (non-hydrogen) atoms. The van der Waals surface area contributed by atoms with Gasteiger partial charge in [-0.3, -0.25) is 0 Å². The van der Waals surface area contributed by atoms with Gasteiger partial charge in [0.05, 0.1) is 11.2 Å². The molecule has 0 saturated heterocycles. The van der Waals surface area contributed by atoms with Crippen molar-refractivity contribution in [1.29, 1.82) is 0 Å². The van der Waals surface area contributed by atoms with Crippen LogP contribution in [0.2, 0.25) is 5.02 Å². The molecule has 4 aromatic rings. The van der Waals surface area contributed by atoms with E-state index in [-0.39, 0.29) is 21.7 Å². The van der Waals surface area contributed by atoms with Crippen LogP contribution in [0.25, 0.3) is 11.5 Å². The first-order valence-corrected chi connectivity index (χ1v) is 11.2. The molecule has 7 nitrogen and oxygen atoms in total. The molecule has 0 aliphatic rings. The number of imidazole rings is 1. The molecule has 2 aromatic heterocycles. The Labute approximate surface area is 179 Å². The fourth-order valence-electron chi connectivity index (χ4n) is 2.91. The zero-order valence-electron chi connectivity index (χ0n) is 15.9. The summed E-state index contributed by atoms with van der Waals surface area (Å²) in [6, 6.07) is 15.0. The third kappa shape index (κ3) is 4.39. The Morgan fingerprint density at radius 2 is 1.83 bits per heavy atom. The van der Waals surface area contributed by atoms with Crippen LogP contribution in [-0.4, -0.2) is 29.5 Å². The normalized spacial score (nSPS) is 11.5. The lowest BCUT2D eigenvalue weighted by Crippen LogP contribution is -2.09. The summed E-state index contributed by atoms with van der Waals surface area (Å²) in [5.74, 6) is 0.327. The second-order valence-corrected chi connectivity index (χ2v) is 8.86. The van der Waals surface area contributed by atoms with E-state index in [1.807, 2.05) is 10.8 Å². The zero-order valence-corrected chi connectivity index (χ0v) is 17.5. The minimum Gasteiger partial charge on any atom is -0.419 e. The van der Waals surface area contributed by atoms with E-state index in [0.717, 1.165) is 13.0 Å². The lowest BCUT2D eigenvalue weighted by atomic mass is 10.2. The molecule has 0 saturated carbocycles. The monoisotopic (exact) mass is 442 g/mol. The number of nitrogens with zero attached hydrogens (tertiary/aromatic N) is 3. The largest absolute Gasteiger partial charge is 0.419 e. The lowest BCUT2D eigenvalue weighted by Gasteiger charge is -2.06. The maximum Gasteiger partial charge on any atom is 0.233 e. The summed E-state index contributed by atoms with van der Waals surface area (Å²) < 4.78 is 34.1. The third-order valence-corrected chi connectivity index (χ3v) is 6.36. The molecule has 0 aliphatic carbocycles. The van der Waals surface area contributed by atoms with E-state index in [1.54, 1.807) is 55.0 Å². The number of rotatable bonds is 8. The van der Waals surface area contributed by atoms with Crippen LogP contribution in [-0.2, 0) is 16.4 Å². The van der Waals surface area contributed by atoms with Gasteiger partial charge in [0, 0.05) is 36.1 Å². The van der Waals surface area contributed by atoms with E-state index in [1.165, 1.54) is 12.1 Å². The summed E-state index contributed by atoms with van der Waals surface area (Å²) >= 11 is 5.95. The predicted molar refractivity (Wildman–Crippen MR) is 114 cm³/mol. The molecule has 0 aliphatic heterocycles. The third-order valence-electron chi connectivity index (χ3n) is 4.43. The van der Waals surface area contributed by atoms with Crippen molar-refractivity contribution in [2.75, 3.05) is 11.9 Å². The van der Waals surface area contributed by atoms with Gasteiger partial charge in [0.25, 0.3) is 0 Å². The van der Waals surface area contributed by atoms with Crippen molar-refractivity contribution < 1.29 is 12.8 Å². The van der Waals surface area contributed by atoms with Gasteiger partial charge in [0.1, 0.15) is 0 Å². The Morgan fingerprint density at radius 3 is 2.53 bits per heavy atom. The summed E-state index contributed by atoms with van der Waals surface area (Å²) in [4.78, 5) is 8.47. The van der Waals surface area contributed by atoms with E-state index in [9.17, 15) is 8.42 Å². The highest BCUT2D eigenvalue weighted by atomic mass is 35.5. The highest BCUT2D eigenvalue weighted by Gasteiger charge is 2.28. The first-order chi connectivity index (χ1) is 14.5. The number of sulfone groups is 1. The summed E-state index contributed by atoms with van der Waals surface area (Å²) in [7, 11) is -3.85. The number of nitrogens with one attached hydrogen (secondary N) is 1. The molecule has 0 fully saturated rings. The summed E-state index contributed by atoms with van der Waals surface area (Å²) in [6.45, 7) is 1.25. The van der Waals surface area contributed by atoms with Gasteiger partial charge in [-0.15, -0.1) is 0 Å². The van der Waals surface area contributed by atoms with Gasteiger partial charge in [0.2, 0.25) is 26.6 Å². The fourth-order valence-corrected chi connectivity index (χ4v) is 4.34. The molecule has 2 heterocycles. The van der Waals surface area contributed by atoms with E-state index < -0.39 is 9.84 Å². The number of hydrogen-bond donors (Lipinski definition) is 1. The Morgan fingerprint density at radius 1 is 1.07 bits per heavy atom. The topological polar surface area (TPSA) is 90.0 Å². The van der Waals surface area contributed by atoms with Gasteiger partial charge >= 0.3 is 0 Å². The fraction of sp³-hybridized carbons (Fsp3) is 0.143. The Balaban J connectivity index is 1.63. The van der Waals surface area contributed by atoms with Gasteiger partial charge in [0.15, 0.2) is 0 Å². The molecular formula is C21H19ClN4O3S. The maximum absolute atomic E-state index is 13.2. The number of aromatic nitrogens is 3. The summed E-state index contributed by atoms with van der Waals surface area (Å²) in [6.07, 6.45) is 6.07. The second-order valence-electron chi connectivity index (χ2n) is 6.56. The number of hydrogen-bond acceptors (Lipinski definition) is 6. The summed E-state index contributed by atoms with van der Waals surface area (Å²) in [5, 5.41) is 3.52. The molecule has 154 valence electrons. The van der Waals surface area contributed by atoms with Crippen molar-refractivity contribution in [1.82, 2.24) is 14.5 Å². The number of aryl methyl sites for hydroxylation is 1. The van der Waals surface area contributed by atoms with Gasteiger partial charge < -0.3 is 14.3 Å². The molecule has 4 rings (SSSR count). The van der Waals surface area contributed by atoms with E-state index in [0.29, 0.717) is 17.1 Å². The standard InChI is InChI=1S/C21H19ClN4O3S/c22-17-9-7-16(8-10-17)19-25-21(30(27,28)18-5-2-1-3-6-18)20(29-19)24-11-4-13-26-14-12-23-15-26/h1-3,5-10,12,14-15,24H,4,11,13H2. The molecular weight excluding hydrogens is 424 g/mol. The van der Waals surface area contributed by atoms with Gasteiger partial charge in [-0.1, -0.05) is 29.8 Å². The second kappa shape index (κ2) is 8.73. The van der Waals surface area contributed by atoms with Crippen molar-refractivity contribution in [2.45, 2.75) is 22.9 Å². The van der Waals surface area contributed by atoms with Crippen molar-refractivity contribution in [3.05, 3.63) is 78.3 Å². The molecule has 0 amide bonds. The number of halogens is 1. The molecule has 1 N–H and O–H groups in total. The predicted octanol–water partition coefficient (Wildman–Crippen LogP) is 4.53. The lowest BCUT2D eigenvalue weighted by molar-refractivity contribution is 0.571. The highest BCUT2D eigenvalue weighted by molar-refractivity contribution is 7.91. The van der Waals surface area contributed by atoms with Crippen LogP contribution in [0.3, 0.4) is 0 Å². The maximum atomic E-state index is 13.2. The smallest absolute Gasteiger partial charge is 0.233 e. The molecule has 0 radical (unpaired) electrons. The van der Waals surface area contributed by atoms with Crippen LogP contribution in [0.15, 0.2) is 87.7 Å². The van der Waals surface area contributed by atoms with E-state index in [4.69, 9.17) is 16.0 Å².